The van der Waals surface area contributed by atoms with Gasteiger partial charge in [0.2, 0.25) is 11.7 Å². The molecule has 0 aliphatic carbocycles. The number of rotatable bonds is 6. The van der Waals surface area contributed by atoms with Crippen LogP contribution in [0.25, 0.3) is 0 Å². The lowest BCUT2D eigenvalue weighted by Gasteiger charge is -2.03. The highest BCUT2D eigenvalue weighted by Crippen LogP contribution is 2.15. The molecule has 0 fully saturated rings. The summed E-state index contributed by atoms with van der Waals surface area (Å²) in [6.07, 6.45) is 3.33. The Kier molecular flexibility index (Phi) is 4.78. The number of hydrogen-bond donors (Lipinski definition) is 2. The summed E-state index contributed by atoms with van der Waals surface area (Å²) in [4.78, 5) is 27.1. The van der Waals surface area contributed by atoms with Gasteiger partial charge in [-0.1, -0.05) is 0 Å². The molecule has 2 heterocycles. The van der Waals surface area contributed by atoms with Crippen molar-refractivity contribution < 1.29 is 19.1 Å². The Morgan fingerprint density at radius 2 is 2.00 bits per heavy atom. The van der Waals surface area contributed by atoms with Crippen LogP contribution in [0.1, 0.15) is 16.3 Å². The fraction of sp³-hybridized carbons (Fsp3) is 0.154. The molecule has 0 bridgehead atoms. The molecule has 0 aliphatic heterocycles. The smallest absolute Gasteiger partial charge is 0.371 e. The summed E-state index contributed by atoms with van der Waals surface area (Å²) in [6, 6.07) is 6.53. The first-order valence-corrected chi connectivity index (χ1v) is 6.75. The van der Waals surface area contributed by atoms with E-state index in [-0.39, 0.29) is 24.0 Å². The Balaban J connectivity index is 1.76. The molecule has 0 spiro atoms. The van der Waals surface area contributed by atoms with Crippen LogP contribution >= 0.6 is 11.8 Å². The second-order valence-corrected chi connectivity index (χ2v) is 4.87. The quantitative estimate of drug-likeness (QED) is 0.788. The molecule has 0 saturated carbocycles. The number of carbonyl (C=O) groups is 2. The molecule has 7 heteroatoms. The number of thioether (sulfide) groups is 1. The Labute approximate surface area is 119 Å². The van der Waals surface area contributed by atoms with E-state index >= 15 is 0 Å². The Bertz CT molecular complexity index is 597. The van der Waals surface area contributed by atoms with Gasteiger partial charge in [-0.2, -0.15) is 0 Å². The zero-order valence-electron chi connectivity index (χ0n) is 10.4. The molecule has 6 nitrogen and oxygen atoms in total. The van der Waals surface area contributed by atoms with E-state index in [0.717, 1.165) is 4.90 Å². The highest BCUT2D eigenvalue weighted by Gasteiger charge is 2.09. The molecule has 0 aromatic carbocycles. The van der Waals surface area contributed by atoms with Crippen molar-refractivity contribution >= 4 is 23.6 Å². The minimum Gasteiger partial charge on any atom is -0.475 e. The molecule has 2 aromatic heterocycles. The topological polar surface area (TPSA) is 92.4 Å². The Hall–Kier alpha value is -2.28. The van der Waals surface area contributed by atoms with Crippen LogP contribution in [-0.4, -0.2) is 27.7 Å². The van der Waals surface area contributed by atoms with Crippen molar-refractivity contribution in [1.82, 2.24) is 10.3 Å². The van der Waals surface area contributed by atoms with E-state index in [0.29, 0.717) is 5.76 Å². The molecule has 0 saturated heterocycles. The van der Waals surface area contributed by atoms with Crippen LogP contribution in [0.3, 0.4) is 0 Å². The standard InChI is InChI=1S/C13H12N2O4S/c16-12(8-20-10-3-5-14-6-4-10)15-7-9-1-2-11(19-9)13(17)18/h1-6H,7-8H2,(H,15,16)(H,17,18). The molecule has 104 valence electrons. The van der Waals surface area contributed by atoms with Gasteiger partial charge in [0.1, 0.15) is 5.76 Å². The zero-order valence-corrected chi connectivity index (χ0v) is 11.2. The molecule has 2 N–H and O–H groups in total. The number of hydrogen-bond acceptors (Lipinski definition) is 5. The largest absolute Gasteiger partial charge is 0.475 e. The highest BCUT2D eigenvalue weighted by atomic mass is 32.2. The molecule has 0 aliphatic rings. The molecule has 0 atom stereocenters. The van der Waals surface area contributed by atoms with Crippen LogP contribution < -0.4 is 5.32 Å². The molecular formula is C13H12N2O4S. The third kappa shape index (κ3) is 4.13. The third-order valence-electron chi connectivity index (χ3n) is 2.35. The maximum absolute atomic E-state index is 11.6. The average Bonchev–Trinajstić information content (AvgIpc) is 2.93. The second-order valence-electron chi connectivity index (χ2n) is 3.82. The summed E-state index contributed by atoms with van der Waals surface area (Å²) in [5, 5.41) is 11.4. The van der Waals surface area contributed by atoms with Crippen LogP contribution in [0.2, 0.25) is 0 Å². The van der Waals surface area contributed by atoms with Gasteiger partial charge >= 0.3 is 5.97 Å². The molecule has 0 unspecified atom stereocenters. The number of furan rings is 1. The van der Waals surface area contributed by atoms with E-state index in [1.54, 1.807) is 12.4 Å². The summed E-state index contributed by atoms with van der Waals surface area (Å²) in [7, 11) is 0. The van der Waals surface area contributed by atoms with Crippen LogP contribution in [0.4, 0.5) is 0 Å². The Morgan fingerprint density at radius 3 is 2.65 bits per heavy atom. The van der Waals surface area contributed by atoms with Crippen molar-refractivity contribution in [1.29, 1.82) is 0 Å². The van der Waals surface area contributed by atoms with Crippen molar-refractivity contribution in [2.45, 2.75) is 11.4 Å². The van der Waals surface area contributed by atoms with Gasteiger partial charge in [0.05, 0.1) is 12.3 Å². The Morgan fingerprint density at radius 1 is 1.25 bits per heavy atom. The lowest BCUT2D eigenvalue weighted by molar-refractivity contribution is -0.118. The average molecular weight is 292 g/mol. The lowest BCUT2D eigenvalue weighted by atomic mass is 10.4. The number of amides is 1. The first kappa shape index (κ1) is 14.1. The van der Waals surface area contributed by atoms with Crippen molar-refractivity contribution in [2.24, 2.45) is 0 Å². The van der Waals surface area contributed by atoms with E-state index in [1.807, 2.05) is 12.1 Å². The molecule has 1 amide bonds. The van der Waals surface area contributed by atoms with Crippen LogP contribution in [0, 0.1) is 0 Å². The number of nitrogens with zero attached hydrogens (tertiary/aromatic N) is 1. The number of carboxylic acids is 1. The monoisotopic (exact) mass is 292 g/mol. The van der Waals surface area contributed by atoms with E-state index in [4.69, 9.17) is 9.52 Å². The fourth-order valence-corrected chi connectivity index (χ4v) is 2.12. The van der Waals surface area contributed by atoms with Gasteiger partial charge in [0.25, 0.3) is 0 Å². The van der Waals surface area contributed by atoms with E-state index in [9.17, 15) is 9.59 Å². The van der Waals surface area contributed by atoms with Crippen LogP contribution in [-0.2, 0) is 11.3 Å². The summed E-state index contributed by atoms with van der Waals surface area (Å²) < 4.78 is 5.03. The first-order chi connectivity index (χ1) is 9.65. The molecule has 20 heavy (non-hydrogen) atoms. The number of nitrogens with one attached hydrogen (secondary N) is 1. The number of carbonyl (C=O) groups excluding carboxylic acids is 1. The maximum Gasteiger partial charge on any atom is 0.371 e. The maximum atomic E-state index is 11.6. The SMILES string of the molecule is O=C(CSc1ccncc1)NCc1ccc(C(=O)O)o1. The molecule has 2 rings (SSSR count). The van der Waals surface area contributed by atoms with Crippen molar-refractivity contribution in [2.75, 3.05) is 5.75 Å². The molecule has 2 aromatic rings. The normalized spacial score (nSPS) is 10.2. The summed E-state index contributed by atoms with van der Waals surface area (Å²) in [6.45, 7) is 0.170. The molecule has 0 radical (unpaired) electrons. The lowest BCUT2D eigenvalue weighted by Crippen LogP contribution is -2.24. The van der Waals surface area contributed by atoms with Crippen LogP contribution in [0.5, 0.6) is 0 Å². The summed E-state index contributed by atoms with van der Waals surface area (Å²) >= 11 is 1.40. The van der Waals surface area contributed by atoms with Gasteiger partial charge < -0.3 is 14.8 Å². The second kappa shape index (κ2) is 6.76. The van der Waals surface area contributed by atoms with Gasteiger partial charge in [-0.3, -0.25) is 9.78 Å². The predicted octanol–water partition coefficient (Wildman–Crippen LogP) is 1.78. The van der Waals surface area contributed by atoms with Gasteiger partial charge in [-0.25, -0.2) is 4.79 Å². The number of aromatic carboxylic acids is 1. The summed E-state index contributed by atoms with van der Waals surface area (Å²) in [5.74, 6) is -0.739. The minimum atomic E-state index is -1.13. The zero-order chi connectivity index (χ0) is 14.4. The van der Waals surface area contributed by atoms with Gasteiger partial charge in [-0.15, -0.1) is 11.8 Å². The molecular weight excluding hydrogens is 280 g/mol. The van der Waals surface area contributed by atoms with Crippen molar-refractivity contribution in [3.8, 4) is 0 Å². The van der Waals surface area contributed by atoms with Gasteiger partial charge in [0, 0.05) is 17.3 Å². The number of aromatic nitrogens is 1. The van der Waals surface area contributed by atoms with Crippen LogP contribution in [0.15, 0.2) is 46.0 Å². The highest BCUT2D eigenvalue weighted by molar-refractivity contribution is 8.00. The van der Waals surface area contributed by atoms with E-state index < -0.39 is 5.97 Å². The predicted molar refractivity (Wildman–Crippen MR) is 72.5 cm³/mol. The van der Waals surface area contributed by atoms with Gasteiger partial charge in [-0.05, 0) is 24.3 Å². The fourth-order valence-electron chi connectivity index (χ4n) is 1.41. The van der Waals surface area contributed by atoms with E-state index in [2.05, 4.69) is 10.3 Å². The van der Waals surface area contributed by atoms with Crippen molar-refractivity contribution in [3.05, 3.63) is 48.2 Å². The van der Waals surface area contributed by atoms with Gasteiger partial charge in [0.15, 0.2) is 0 Å². The number of pyridine rings is 1. The minimum absolute atomic E-state index is 0.139. The van der Waals surface area contributed by atoms with Crippen molar-refractivity contribution in [3.63, 3.8) is 0 Å². The third-order valence-corrected chi connectivity index (χ3v) is 3.36. The number of carboxylic acid groups (broad SMARTS) is 1. The first-order valence-electron chi connectivity index (χ1n) is 5.76. The summed E-state index contributed by atoms with van der Waals surface area (Å²) in [5.41, 5.74) is 0. The van der Waals surface area contributed by atoms with E-state index in [1.165, 1.54) is 23.9 Å².